The summed E-state index contributed by atoms with van der Waals surface area (Å²) in [6.45, 7) is 9.08. The number of unbranched alkanes of at least 4 members (excludes halogenated alkanes) is 1. The van der Waals surface area contributed by atoms with Crippen molar-refractivity contribution in [3.63, 3.8) is 0 Å². The lowest BCUT2D eigenvalue weighted by atomic mass is 10.0. The van der Waals surface area contributed by atoms with Crippen molar-refractivity contribution in [1.29, 1.82) is 0 Å². The van der Waals surface area contributed by atoms with Gasteiger partial charge < -0.3 is 63.3 Å². The molecule has 2 saturated heterocycles. The molecule has 5 rings (SSSR count). The number of hydrogen-bond acceptors (Lipinski definition) is 10. The number of fused-ring (bicyclic) bond motifs is 1. The Labute approximate surface area is 414 Å². The molecule has 7 atom stereocenters. The Bertz CT molecular complexity index is 2380. The van der Waals surface area contributed by atoms with Gasteiger partial charge in [0, 0.05) is 49.6 Å². The second-order valence-corrected chi connectivity index (χ2v) is 19.2. The quantitative estimate of drug-likeness (QED) is 0.0373. The van der Waals surface area contributed by atoms with Crippen molar-refractivity contribution in [2.24, 2.45) is 22.2 Å². The fourth-order valence-electron chi connectivity index (χ4n) is 8.89. The Morgan fingerprint density at radius 2 is 1.37 bits per heavy atom. The van der Waals surface area contributed by atoms with Gasteiger partial charge in [0.2, 0.25) is 41.4 Å². The van der Waals surface area contributed by atoms with Crippen molar-refractivity contribution in [2.75, 3.05) is 19.6 Å². The van der Waals surface area contributed by atoms with E-state index in [1.54, 1.807) is 39.1 Å². The number of carbonyl (C=O) groups is 8. The summed E-state index contributed by atoms with van der Waals surface area (Å²) in [4.78, 5) is 120. The SMILES string of the molecule is CCCC[C@H](NC(=O)[C@@H]1CCCN1C(=O)[C@H]1CCCN1C(=O)[C@H](Cc1ccccc1)NC(=O)[C@H](Cc1c[nH]c2ccccc12)NC(=O)[C@H](C)NC(=O)[C@H](CCCN=C(N)N)NC(=O)OC(C)(C)C)C(N)=O. The van der Waals surface area contributed by atoms with E-state index < -0.39 is 95.3 Å². The number of alkyl carbamates (subject to hydrolysis) is 1. The molecule has 0 bridgehead atoms. The minimum absolute atomic E-state index is 0.0274. The molecule has 0 spiro atoms. The highest BCUT2D eigenvalue weighted by Crippen LogP contribution is 2.27. The summed E-state index contributed by atoms with van der Waals surface area (Å²) in [5, 5.41) is 14.5. The third kappa shape index (κ3) is 15.9. The first-order chi connectivity index (χ1) is 33.8. The number of aliphatic imine (C=N–C) groups is 1. The molecular weight excluding hydrogens is 913 g/mol. The standard InChI is InChI=1S/C50H72N12O9/c1-6-7-19-35(41(51)63)57-45(67)39-22-14-25-61(39)47(69)40-23-15-26-62(40)46(68)38(27-31-16-9-8-10-17-31)59-44(66)37(28-32-29-55-34-20-12-11-18-33(32)34)58-42(64)30(2)56-43(65)36(21-13-24-54-48(52)53)60-49(70)71-50(3,4)5/h8-12,16-18,20,29-30,35-40,55H,6-7,13-15,19,21-28H2,1-5H3,(H2,51,63)(H,56,65)(H,57,67)(H,58,64)(H,59,66)(H,60,70)(H4,52,53,54)/t30-,35-,36-,37-,38-,39-,40+/m0/s1. The molecule has 0 aliphatic carbocycles. The summed E-state index contributed by atoms with van der Waals surface area (Å²) >= 11 is 0. The third-order valence-electron chi connectivity index (χ3n) is 12.5. The van der Waals surface area contributed by atoms with Crippen molar-refractivity contribution >= 4 is 64.3 Å². The van der Waals surface area contributed by atoms with E-state index in [4.69, 9.17) is 21.9 Å². The van der Waals surface area contributed by atoms with Crippen molar-refractivity contribution in [2.45, 2.75) is 153 Å². The number of aromatic amines is 1. The molecule has 21 nitrogen and oxygen atoms in total. The molecule has 386 valence electrons. The van der Waals surface area contributed by atoms with Gasteiger partial charge in [-0.25, -0.2) is 4.79 Å². The van der Waals surface area contributed by atoms with Crippen LogP contribution in [-0.2, 0) is 51.1 Å². The van der Waals surface area contributed by atoms with Crippen LogP contribution in [-0.4, -0.2) is 136 Å². The number of benzene rings is 2. The highest BCUT2D eigenvalue weighted by Gasteiger charge is 2.44. The fourth-order valence-corrected chi connectivity index (χ4v) is 8.89. The van der Waals surface area contributed by atoms with Gasteiger partial charge in [-0.2, -0.15) is 0 Å². The van der Waals surface area contributed by atoms with Crippen molar-refractivity contribution in [1.82, 2.24) is 41.4 Å². The van der Waals surface area contributed by atoms with Crippen molar-refractivity contribution < 1.29 is 43.1 Å². The van der Waals surface area contributed by atoms with E-state index in [-0.39, 0.29) is 44.9 Å². The first kappa shape index (κ1) is 54.7. The summed E-state index contributed by atoms with van der Waals surface area (Å²) in [5.74, 6) is -4.33. The van der Waals surface area contributed by atoms with Crippen LogP contribution < -0.4 is 43.8 Å². The first-order valence-electron chi connectivity index (χ1n) is 24.5. The van der Waals surface area contributed by atoms with Crippen LogP contribution in [0.3, 0.4) is 0 Å². The zero-order valence-electron chi connectivity index (χ0n) is 41.5. The largest absolute Gasteiger partial charge is 0.444 e. The fraction of sp³-hybridized carbons (Fsp3) is 0.540. The number of nitrogens with zero attached hydrogens (tertiary/aromatic N) is 3. The number of guanidine groups is 1. The van der Waals surface area contributed by atoms with E-state index in [0.29, 0.717) is 50.5 Å². The second-order valence-electron chi connectivity index (χ2n) is 19.2. The number of likely N-dealkylation sites (tertiary alicyclic amines) is 2. The number of H-pyrrole nitrogens is 1. The summed E-state index contributed by atoms with van der Waals surface area (Å²) in [6, 6.07) is 8.96. The molecule has 2 aliphatic heterocycles. The number of amides is 8. The number of nitrogens with one attached hydrogen (secondary N) is 6. The molecular formula is C50H72N12O9. The monoisotopic (exact) mass is 985 g/mol. The van der Waals surface area contributed by atoms with Crippen LogP contribution in [0.4, 0.5) is 4.79 Å². The summed E-state index contributed by atoms with van der Waals surface area (Å²) in [5.41, 5.74) is 17.9. The van der Waals surface area contributed by atoms with Crippen LogP contribution in [0.5, 0.6) is 0 Å². The van der Waals surface area contributed by atoms with Crippen LogP contribution in [0.15, 0.2) is 65.8 Å². The van der Waals surface area contributed by atoms with Crippen LogP contribution in [0.2, 0.25) is 0 Å². The molecule has 1 aromatic heterocycles. The highest BCUT2D eigenvalue weighted by molar-refractivity contribution is 5.98. The van der Waals surface area contributed by atoms with Gasteiger partial charge in [0.1, 0.15) is 47.9 Å². The Morgan fingerprint density at radius 1 is 0.732 bits per heavy atom. The molecule has 21 heteroatoms. The molecule has 2 fully saturated rings. The predicted molar refractivity (Wildman–Crippen MR) is 267 cm³/mol. The molecule has 71 heavy (non-hydrogen) atoms. The van der Waals surface area contributed by atoms with Crippen LogP contribution in [0.1, 0.15) is 104 Å². The van der Waals surface area contributed by atoms with Gasteiger partial charge in [-0.05, 0) is 89.8 Å². The maximum absolute atomic E-state index is 14.9. The van der Waals surface area contributed by atoms with Gasteiger partial charge in [-0.3, -0.25) is 38.6 Å². The lowest BCUT2D eigenvalue weighted by Crippen LogP contribution is -2.60. The zero-order chi connectivity index (χ0) is 51.8. The average Bonchev–Trinajstić information content (AvgIpc) is 4.11. The zero-order valence-corrected chi connectivity index (χ0v) is 41.5. The van der Waals surface area contributed by atoms with E-state index in [2.05, 4.69) is 36.6 Å². The minimum Gasteiger partial charge on any atom is -0.444 e. The number of rotatable bonds is 23. The van der Waals surface area contributed by atoms with Gasteiger partial charge in [-0.15, -0.1) is 0 Å². The summed E-state index contributed by atoms with van der Waals surface area (Å²) < 4.78 is 5.38. The summed E-state index contributed by atoms with van der Waals surface area (Å²) in [6.07, 6.45) is 4.87. The Kier molecular flexibility index (Phi) is 19.7. The second kappa shape index (κ2) is 25.6. The van der Waals surface area contributed by atoms with E-state index in [0.717, 1.165) is 22.9 Å². The molecule has 0 radical (unpaired) electrons. The first-order valence-corrected chi connectivity index (χ1v) is 24.5. The van der Waals surface area contributed by atoms with Crippen LogP contribution >= 0.6 is 0 Å². The maximum atomic E-state index is 14.9. The van der Waals surface area contributed by atoms with Crippen molar-refractivity contribution in [3.05, 3.63) is 71.9 Å². The molecule has 3 aromatic rings. The number of para-hydroxylation sites is 1. The normalized spacial score (nSPS) is 17.8. The lowest BCUT2D eigenvalue weighted by Gasteiger charge is -2.33. The Morgan fingerprint density at radius 3 is 2.04 bits per heavy atom. The molecule has 12 N–H and O–H groups in total. The molecule has 8 amide bonds. The third-order valence-corrected chi connectivity index (χ3v) is 12.5. The maximum Gasteiger partial charge on any atom is 0.408 e. The average molecular weight is 985 g/mol. The molecule has 3 heterocycles. The van der Waals surface area contributed by atoms with E-state index in [1.807, 2.05) is 49.4 Å². The van der Waals surface area contributed by atoms with E-state index in [1.165, 1.54) is 16.7 Å². The van der Waals surface area contributed by atoms with Crippen LogP contribution in [0, 0.1) is 0 Å². The predicted octanol–water partition coefficient (Wildman–Crippen LogP) is 1.52. The van der Waals surface area contributed by atoms with Gasteiger partial charge >= 0.3 is 6.09 Å². The van der Waals surface area contributed by atoms with Crippen molar-refractivity contribution in [3.8, 4) is 0 Å². The Balaban J connectivity index is 1.37. The molecule has 0 unspecified atom stereocenters. The number of ether oxygens (including phenoxy) is 1. The topological polar surface area (TPSA) is 319 Å². The van der Waals surface area contributed by atoms with E-state index >= 15 is 0 Å². The number of carbonyl (C=O) groups excluding carboxylic acids is 8. The number of primary amides is 1. The van der Waals surface area contributed by atoms with Gasteiger partial charge in [0.15, 0.2) is 5.96 Å². The number of hydrogen-bond donors (Lipinski definition) is 9. The smallest absolute Gasteiger partial charge is 0.408 e. The van der Waals surface area contributed by atoms with Gasteiger partial charge in [-0.1, -0.05) is 68.3 Å². The molecule has 2 aliphatic rings. The lowest BCUT2D eigenvalue weighted by molar-refractivity contribution is -0.148. The summed E-state index contributed by atoms with van der Waals surface area (Å²) in [7, 11) is 0. The van der Waals surface area contributed by atoms with Gasteiger partial charge in [0.25, 0.3) is 0 Å². The number of aromatic nitrogens is 1. The highest BCUT2D eigenvalue weighted by atomic mass is 16.6. The van der Waals surface area contributed by atoms with Gasteiger partial charge in [0.05, 0.1) is 0 Å². The van der Waals surface area contributed by atoms with Crippen LogP contribution in [0.25, 0.3) is 10.9 Å². The van der Waals surface area contributed by atoms with E-state index in [9.17, 15) is 38.4 Å². The molecule has 2 aromatic carbocycles. The Hall–Kier alpha value is -7.19. The number of nitrogens with two attached hydrogens (primary N) is 3. The molecule has 0 saturated carbocycles. The minimum atomic E-state index is -1.29.